The van der Waals surface area contributed by atoms with Crippen LogP contribution in [0.15, 0.2) is 24.7 Å². The number of hydrogen-bond donors (Lipinski definition) is 3. The van der Waals surface area contributed by atoms with Crippen LogP contribution in [0.4, 0.5) is 5.82 Å². The molecule has 8 heteroatoms. The minimum atomic E-state index is -0.239. The molecule has 0 unspecified atom stereocenters. The molecular formula is C11H15N7O. The Morgan fingerprint density at radius 1 is 1.47 bits per heavy atom. The van der Waals surface area contributed by atoms with Gasteiger partial charge in [0.1, 0.15) is 6.33 Å². The summed E-state index contributed by atoms with van der Waals surface area (Å²) in [5.74, 6) is 6.09. The van der Waals surface area contributed by atoms with Crippen molar-refractivity contribution in [2.75, 3.05) is 12.0 Å². The third-order valence-electron chi connectivity index (χ3n) is 2.47. The second kappa shape index (κ2) is 5.91. The number of nitrogens with zero attached hydrogens (tertiary/aromatic N) is 4. The molecule has 1 amide bonds. The molecule has 8 nitrogen and oxygen atoms in total. The predicted molar refractivity (Wildman–Crippen MR) is 69.1 cm³/mol. The Hall–Kier alpha value is -2.48. The number of pyridine rings is 1. The summed E-state index contributed by atoms with van der Waals surface area (Å²) in [5.41, 5.74) is 2.79. The Labute approximate surface area is 110 Å². The molecule has 2 aromatic heterocycles. The number of carbonyl (C=O) groups is 1. The van der Waals surface area contributed by atoms with Gasteiger partial charge in [-0.15, -0.1) is 0 Å². The first-order valence-electron chi connectivity index (χ1n) is 5.75. The van der Waals surface area contributed by atoms with E-state index in [1.54, 1.807) is 36.4 Å². The molecule has 2 aromatic rings. The van der Waals surface area contributed by atoms with Gasteiger partial charge in [-0.05, 0) is 12.1 Å². The van der Waals surface area contributed by atoms with Crippen molar-refractivity contribution in [2.45, 2.75) is 6.42 Å². The van der Waals surface area contributed by atoms with Crippen LogP contribution in [0.5, 0.6) is 0 Å². The summed E-state index contributed by atoms with van der Waals surface area (Å²) < 4.78 is 1.62. The van der Waals surface area contributed by atoms with Crippen LogP contribution < -0.4 is 16.6 Å². The normalized spacial score (nSPS) is 10.2. The van der Waals surface area contributed by atoms with Crippen LogP contribution in [-0.4, -0.2) is 32.2 Å². The summed E-state index contributed by atoms with van der Waals surface area (Å²) in [4.78, 5) is 20.0. The first-order chi connectivity index (χ1) is 9.20. The summed E-state index contributed by atoms with van der Waals surface area (Å²) in [6.45, 7) is 0.446. The van der Waals surface area contributed by atoms with Gasteiger partial charge in [-0.1, -0.05) is 0 Å². The maximum Gasteiger partial charge on any atom is 0.255 e. The minimum absolute atomic E-state index is 0.239. The number of aryl methyl sites for hydroxylation is 1. The summed E-state index contributed by atoms with van der Waals surface area (Å²) in [5, 5.41) is 6.89. The fourth-order valence-corrected chi connectivity index (χ4v) is 1.59. The van der Waals surface area contributed by atoms with Crippen LogP contribution in [-0.2, 0) is 13.5 Å². The molecule has 0 saturated heterocycles. The van der Waals surface area contributed by atoms with Crippen LogP contribution in [0.2, 0.25) is 0 Å². The highest BCUT2D eigenvalue weighted by Gasteiger charge is 2.11. The van der Waals surface area contributed by atoms with E-state index in [1.165, 1.54) is 0 Å². The Kier molecular flexibility index (Phi) is 4.04. The number of rotatable bonds is 5. The minimum Gasteiger partial charge on any atom is -0.351 e. The lowest BCUT2D eigenvalue weighted by atomic mass is 10.2. The number of amides is 1. The van der Waals surface area contributed by atoms with Gasteiger partial charge in [-0.25, -0.2) is 15.8 Å². The van der Waals surface area contributed by atoms with E-state index < -0.39 is 0 Å². The molecule has 0 radical (unpaired) electrons. The fourth-order valence-electron chi connectivity index (χ4n) is 1.59. The highest BCUT2D eigenvalue weighted by molar-refractivity contribution is 5.98. The number of anilines is 1. The smallest absolute Gasteiger partial charge is 0.255 e. The van der Waals surface area contributed by atoms with Crippen molar-refractivity contribution in [3.8, 4) is 0 Å². The van der Waals surface area contributed by atoms with Crippen molar-refractivity contribution in [3.05, 3.63) is 36.0 Å². The van der Waals surface area contributed by atoms with E-state index in [0.29, 0.717) is 30.2 Å². The van der Waals surface area contributed by atoms with E-state index in [-0.39, 0.29) is 5.91 Å². The van der Waals surface area contributed by atoms with Gasteiger partial charge in [0.2, 0.25) is 0 Å². The lowest BCUT2D eigenvalue weighted by Gasteiger charge is -2.07. The van der Waals surface area contributed by atoms with Crippen LogP contribution in [0.1, 0.15) is 16.2 Å². The van der Waals surface area contributed by atoms with Gasteiger partial charge in [0, 0.05) is 26.2 Å². The number of aromatic nitrogens is 4. The number of nitrogens with one attached hydrogen (secondary N) is 2. The summed E-state index contributed by atoms with van der Waals surface area (Å²) in [6, 6.07) is 3.33. The maximum atomic E-state index is 11.9. The topological polar surface area (TPSA) is 111 Å². The van der Waals surface area contributed by atoms with Crippen molar-refractivity contribution < 1.29 is 4.79 Å². The molecule has 0 atom stereocenters. The second-order valence-electron chi connectivity index (χ2n) is 3.88. The number of carbonyl (C=O) groups excluding carboxylic acids is 1. The van der Waals surface area contributed by atoms with Crippen LogP contribution in [0.3, 0.4) is 0 Å². The van der Waals surface area contributed by atoms with E-state index in [9.17, 15) is 4.79 Å². The predicted octanol–water partition coefficient (Wildman–Crippen LogP) is -0.532. The zero-order valence-corrected chi connectivity index (χ0v) is 10.5. The van der Waals surface area contributed by atoms with Gasteiger partial charge >= 0.3 is 0 Å². The number of hydrazine groups is 1. The maximum absolute atomic E-state index is 11.9. The van der Waals surface area contributed by atoms with Crippen molar-refractivity contribution in [2.24, 2.45) is 12.9 Å². The van der Waals surface area contributed by atoms with E-state index in [0.717, 1.165) is 0 Å². The largest absolute Gasteiger partial charge is 0.351 e. The standard InChI is InChI=1S/C11H15N7O/c1-18-7-15-9(17-18)4-6-14-11(19)8-3-2-5-13-10(8)16-12/h2-3,5,7H,4,6,12H2,1H3,(H,13,16)(H,14,19). The highest BCUT2D eigenvalue weighted by atomic mass is 16.1. The first-order valence-corrected chi connectivity index (χ1v) is 5.75. The summed E-state index contributed by atoms with van der Waals surface area (Å²) in [6.07, 6.45) is 3.75. The van der Waals surface area contributed by atoms with Gasteiger partial charge in [0.25, 0.3) is 5.91 Å². The van der Waals surface area contributed by atoms with Crippen LogP contribution >= 0.6 is 0 Å². The number of hydrogen-bond acceptors (Lipinski definition) is 6. The molecule has 19 heavy (non-hydrogen) atoms. The van der Waals surface area contributed by atoms with Crippen LogP contribution in [0.25, 0.3) is 0 Å². The molecule has 4 N–H and O–H groups in total. The van der Waals surface area contributed by atoms with E-state index in [4.69, 9.17) is 5.84 Å². The zero-order valence-electron chi connectivity index (χ0n) is 10.5. The van der Waals surface area contributed by atoms with Crippen molar-refractivity contribution >= 4 is 11.7 Å². The van der Waals surface area contributed by atoms with Gasteiger partial charge in [0.05, 0.1) is 5.56 Å². The quantitative estimate of drug-likeness (QED) is 0.493. The van der Waals surface area contributed by atoms with E-state index >= 15 is 0 Å². The molecule has 0 aliphatic carbocycles. The molecule has 0 aliphatic rings. The molecular weight excluding hydrogens is 246 g/mol. The lowest BCUT2D eigenvalue weighted by molar-refractivity contribution is 0.0954. The molecule has 100 valence electrons. The monoisotopic (exact) mass is 261 g/mol. The van der Waals surface area contributed by atoms with E-state index in [2.05, 4.69) is 25.8 Å². The van der Waals surface area contributed by atoms with Gasteiger partial charge in [-0.2, -0.15) is 5.10 Å². The summed E-state index contributed by atoms with van der Waals surface area (Å²) >= 11 is 0. The molecule has 0 fully saturated rings. The zero-order chi connectivity index (χ0) is 13.7. The van der Waals surface area contributed by atoms with Crippen LogP contribution in [0, 0.1) is 0 Å². The third kappa shape index (κ3) is 3.26. The Balaban J connectivity index is 1.90. The molecule has 0 aromatic carbocycles. The third-order valence-corrected chi connectivity index (χ3v) is 2.47. The average molecular weight is 261 g/mol. The van der Waals surface area contributed by atoms with Crippen molar-refractivity contribution in [1.29, 1.82) is 0 Å². The fraction of sp³-hybridized carbons (Fsp3) is 0.273. The molecule has 0 spiro atoms. The van der Waals surface area contributed by atoms with Crippen molar-refractivity contribution in [1.82, 2.24) is 25.1 Å². The Bertz CT molecular complexity index is 566. The number of nitrogen functional groups attached to an aromatic ring is 1. The molecule has 2 rings (SSSR count). The SMILES string of the molecule is Cn1cnc(CCNC(=O)c2cccnc2NN)n1. The van der Waals surface area contributed by atoms with Gasteiger partial charge in [0.15, 0.2) is 11.6 Å². The van der Waals surface area contributed by atoms with Gasteiger partial charge < -0.3 is 10.7 Å². The summed E-state index contributed by atoms with van der Waals surface area (Å²) in [7, 11) is 1.80. The highest BCUT2D eigenvalue weighted by Crippen LogP contribution is 2.09. The molecule has 2 heterocycles. The first kappa shape index (κ1) is 13.0. The Morgan fingerprint density at radius 2 is 2.32 bits per heavy atom. The van der Waals surface area contributed by atoms with Crippen molar-refractivity contribution in [3.63, 3.8) is 0 Å². The molecule has 0 bridgehead atoms. The average Bonchev–Trinajstić information content (AvgIpc) is 2.84. The van der Waals surface area contributed by atoms with E-state index in [1.807, 2.05) is 0 Å². The molecule has 0 saturated carbocycles. The Morgan fingerprint density at radius 3 is 3.00 bits per heavy atom. The molecule has 0 aliphatic heterocycles. The lowest BCUT2D eigenvalue weighted by Crippen LogP contribution is -2.27. The van der Waals surface area contributed by atoms with Gasteiger partial charge in [-0.3, -0.25) is 9.48 Å². The number of nitrogens with two attached hydrogens (primary N) is 1. The second-order valence-corrected chi connectivity index (χ2v) is 3.88.